The molecular weight excluding hydrogens is 268 g/mol. The molecule has 112 valence electrons. The van der Waals surface area contributed by atoms with Crippen molar-refractivity contribution in [2.75, 3.05) is 13.7 Å². The summed E-state index contributed by atoms with van der Waals surface area (Å²) in [5.74, 6) is -2.45. The molecule has 0 aliphatic rings. The number of aliphatic hydroxyl groups is 1. The third kappa shape index (κ3) is 4.25. The standard InChI is InChI=1S/C14H19F2NO3/c1-8(2)13(14(19)20-3)17-7-12(18)9-4-5-10(15)11(16)6-9/h4-6,8,12-13,17-18H,7H2,1-3H3. The van der Waals surface area contributed by atoms with Crippen LogP contribution in [0.1, 0.15) is 25.5 Å². The molecule has 0 fully saturated rings. The Hall–Kier alpha value is -1.53. The Bertz CT molecular complexity index is 466. The molecule has 0 heterocycles. The second-order valence-corrected chi connectivity index (χ2v) is 4.84. The molecule has 0 aliphatic heterocycles. The maximum Gasteiger partial charge on any atom is 0.323 e. The summed E-state index contributed by atoms with van der Waals surface area (Å²) in [6.45, 7) is 3.69. The molecule has 4 nitrogen and oxygen atoms in total. The van der Waals surface area contributed by atoms with E-state index in [4.69, 9.17) is 0 Å². The molecule has 0 radical (unpaired) electrons. The number of nitrogens with one attached hydrogen (secondary N) is 1. The zero-order valence-electron chi connectivity index (χ0n) is 11.7. The van der Waals surface area contributed by atoms with Crippen molar-refractivity contribution >= 4 is 5.97 Å². The van der Waals surface area contributed by atoms with E-state index in [1.165, 1.54) is 13.2 Å². The molecule has 1 rings (SSSR count). The van der Waals surface area contributed by atoms with E-state index >= 15 is 0 Å². The molecule has 2 N–H and O–H groups in total. The monoisotopic (exact) mass is 287 g/mol. The van der Waals surface area contributed by atoms with Crippen molar-refractivity contribution in [1.29, 1.82) is 0 Å². The lowest BCUT2D eigenvalue weighted by Crippen LogP contribution is -2.43. The van der Waals surface area contributed by atoms with E-state index in [0.717, 1.165) is 12.1 Å². The molecule has 2 atom stereocenters. The molecule has 0 bridgehead atoms. The summed E-state index contributed by atoms with van der Waals surface area (Å²) in [6, 6.07) is 2.62. The number of aliphatic hydroxyl groups excluding tert-OH is 1. The molecule has 0 aromatic heterocycles. The van der Waals surface area contributed by atoms with E-state index in [1.807, 2.05) is 13.8 Å². The average molecular weight is 287 g/mol. The third-order valence-corrected chi connectivity index (χ3v) is 2.98. The number of methoxy groups -OCH3 is 1. The molecule has 0 saturated heterocycles. The van der Waals surface area contributed by atoms with Crippen LogP contribution in [0, 0.1) is 17.6 Å². The van der Waals surface area contributed by atoms with Gasteiger partial charge < -0.3 is 15.2 Å². The minimum atomic E-state index is -1.05. The fourth-order valence-electron chi connectivity index (χ4n) is 1.79. The van der Waals surface area contributed by atoms with Gasteiger partial charge in [0.2, 0.25) is 0 Å². The summed E-state index contributed by atoms with van der Waals surface area (Å²) in [5.41, 5.74) is 0.240. The van der Waals surface area contributed by atoms with E-state index in [0.29, 0.717) is 0 Å². The highest BCUT2D eigenvalue weighted by atomic mass is 19.2. The van der Waals surface area contributed by atoms with Crippen LogP contribution in [0.5, 0.6) is 0 Å². The molecule has 0 saturated carbocycles. The zero-order chi connectivity index (χ0) is 15.3. The van der Waals surface area contributed by atoms with Gasteiger partial charge in [-0.25, -0.2) is 8.78 Å². The third-order valence-electron chi connectivity index (χ3n) is 2.98. The predicted molar refractivity (Wildman–Crippen MR) is 70.0 cm³/mol. The van der Waals surface area contributed by atoms with Crippen molar-refractivity contribution in [3.8, 4) is 0 Å². The molecule has 0 amide bonds. The largest absolute Gasteiger partial charge is 0.468 e. The molecule has 6 heteroatoms. The topological polar surface area (TPSA) is 58.6 Å². The molecule has 20 heavy (non-hydrogen) atoms. The van der Waals surface area contributed by atoms with Crippen molar-refractivity contribution in [2.45, 2.75) is 26.0 Å². The number of benzene rings is 1. The maximum atomic E-state index is 13.1. The fourth-order valence-corrected chi connectivity index (χ4v) is 1.79. The summed E-state index contributed by atoms with van der Waals surface area (Å²) >= 11 is 0. The van der Waals surface area contributed by atoms with Crippen LogP contribution in [0.25, 0.3) is 0 Å². The quantitative estimate of drug-likeness (QED) is 0.783. The number of rotatable bonds is 6. The Kier molecular flexibility index (Phi) is 6.04. The van der Waals surface area contributed by atoms with Crippen molar-refractivity contribution in [1.82, 2.24) is 5.32 Å². The number of ether oxygens (including phenoxy) is 1. The van der Waals surface area contributed by atoms with Gasteiger partial charge in [-0.1, -0.05) is 19.9 Å². The van der Waals surface area contributed by atoms with Crippen LogP contribution in [0.2, 0.25) is 0 Å². The van der Waals surface area contributed by atoms with Crippen molar-refractivity contribution in [2.24, 2.45) is 5.92 Å². The first-order valence-electron chi connectivity index (χ1n) is 6.31. The molecule has 0 spiro atoms. The Labute approximate surface area is 116 Å². The Morgan fingerprint density at radius 2 is 2.00 bits per heavy atom. The van der Waals surface area contributed by atoms with E-state index in [9.17, 15) is 18.7 Å². The Morgan fingerprint density at radius 3 is 2.50 bits per heavy atom. The molecular formula is C14H19F2NO3. The lowest BCUT2D eigenvalue weighted by Gasteiger charge is -2.21. The molecule has 2 unspecified atom stereocenters. The van der Waals surface area contributed by atoms with Crippen LogP contribution in [0.15, 0.2) is 18.2 Å². The SMILES string of the molecule is COC(=O)C(NCC(O)c1ccc(F)c(F)c1)C(C)C. The zero-order valence-corrected chi connectivity index (χ0v) is 11.7. The Balaban J connectivity index is 2.67. The van der Waals surface area contributed by atoms with Crippen molar-refractivity contribution < 1.29 is 23.4 Å². The summed E-state index contributed by atoms with van der Waals surface area (Å²) < 4.78 is 30.5. The van der Waals surface area contributed by atoms with Gasteiger partial charge in [0.05, 0.1) is 13.2 Å². The number of halogens is 2. The first-order chi connectivity index (χ1) is 9.36. The van der Waals surface area contributed by atoms with Crippen molar-refractivity contribution in [3.63, 3.8) is 0 Å². The number of esters is 1. The number of hydrogen-bond acceptors (Lipinski definition) is 4. The molecule has 0 aliphatic carbocycles. The highest BCUT2D eigenvalue weighted by Crippen LogP contribution is 2.16. The van der Waals surface area contributed by atoms with Crippen LogP contribution in [0.4, 0.5) is 8.78 Å². The molecule has 1 aromatic carbocycles. The lowest BCUT2D eigenvalue weighted by molar-refractivity contribution is -0.144. The van der Waals surface area contributed by atoms with Crippen LogP contribution in [-0.4, -0.2) is 30.8 Å². The minimum Gasteiger partial charge on any atom is -0.468 e. The summed E-state index contributed by atoms with van der Waals surface area (Å²) in [5, 5.41) is 12.8. The number of hydrogen-bond donors (Lipinski definition) is 2. The van der Waals surface area contributed by atoms with Crippen LogP contribution < -0.4 is 5.32 Å². The van der Waals surface area contributed by atoms with Gasteiger partial charge >= 0.3 is 5.97 Å². The fraction of sp³-hybridized carbons (Fsp3) is 0.500. The second kappa shape index (κ2) is 7.31. The second-order valence-electron chi connectivity index (χ2n) is 4.84. The van der Waals surface area contributed by atoms with E-state index < -0.39 is 29.7 Å². The van der Waals surface area contributed by atoms with Crippen LogP contribution in [0.3, 0.4) is 0 Å². The summed E-state index contributed by atoms with van der Waals surface area (Å²) in [7, 11) is 1.28. The maximum absolute atomic E-state index is 13.1. The van der Waals surface area contributed by atoms with E-state index in [-0.39, 0.29) is 18.0 Å². The summed E-state index contributed by atoms with van der Waals surface area (Å²) in [4.78, 5) is 11.5. The van der Waals surface area contributed by atoms with Crippen LogP contribution in [-0.2, 0) is 9.53 Å². The smallest absolute Gasteiger partial charge is 0.323 e. The minimum absolute atomic E-state index is 0.0281. The predicted octanol–water partition coefficient (Wildman–Crippen LogP) is 1.79. The first-order valence-corrected chi connectivity index (χ1v) is 6.31. The van der Waals surface area contributed by atoms with Gasteiger partial charge in [-0.15, -0.1) is 0 Å². The van der Waals surface area contributed by atoms with Gasteiger partial charge in [-0.2, -0.15) is 0 Å². The van der Waals surface area contributed by atoms with Gasteiger partial charge in [0.25, 0.3) is 0 Å². The first kappa shape index (κ1) is 16.5. The highest BCUT2D eigenvalue weighted by Gasteiger charge is 2.23. The lowest BCUT2D eigenvalue weighted by atomic mass is 10.0. The average Bonchev–Trinajstić information content (AvgIpc) is 2.41. The molecule has 1 aromatic rings. The van der Waals surface area contributed by atoms with Gasteiger partial charge in [0.15, 0.2) is 11.6 Å². The number of carbonyl (C=O) groups excluding carboxylic acids is 1. The number of carbonyl (C=O) groups is 1. The van der Waals surface area contributed by atoms with E-state index in [2.05, 4.69) is 10.1 Å². The normalized spacial score (nSPS) is 14.2. The van der Waals surface area contributed by atoms with Crippen molar-refractivity contribution in [3.05, 3.63) is 35.4 Å². The Morgan fingerprint density at radius 1 is 1.35 bits per heavy atom. The van der Waals surface area contributed by atoms with Crippen LogP contribution >= 0.6 is 0 Å². The van der Waals surface area contributed by atoms with Gasteiger partial charge in [-0.3, -0.25) is 4.79 Å². The van der Waals surface area contributed by atoms with Gasteiger partial charge in [0.1, 0.15) is 6.04 Å². The van der Waals surface area contributed by atoms with Gasteiger partial charge in [0, 0.05) is 6.54 Å². The highest BCUT2D eigenvalue weighted by molar-refractivity contribution is 5.75. The van der Waals surface area contributed by atoms with E-state index in [1.54, 1.807) is 0 Å². The van der Waals surface area contributed by atoms with Gasteiger partial charge in [-0.05, 0) is 23.6 Å². The summed E-state index contributed by atoms with van der Waals surface area (Å²) in [6.07, 6.45) is -1.05.